The second kappa shape index (κ2) is 5.26. The topological polar surface area (TPSA) is 12.5 Å². The first kappa shape index (κ1) is 13.1. The van der Waals surface area contributed by atoms with Gasteiger partial charge >= 0.3 is 0 Å². The highest BCUT2D eigenvalue weighted by Gasteiger charge is 2.43. The molecule has 1 spiro atoms. The summed E-state index contributed by atoms with van der Waals surface area (Å²) in [6.07, 6.45) is 4.15. The highest BCUT2D eigenvalue weighted by atomic mass is 16.5. The second-order valence-electron chi connectivity index (χ2n) is 6.52. The number of fused-ring (bicyclic) bond motifs is 2. The van der Waals surface area contributed by atoms with Crippen molar-refractivity contribution in [3.05, 3.63) is 35.4 Å². The molecule has 2 nitrogen and oxygen atoms in total. The van der Waals surface area contributed by atoms with Crippen LogP contribution in [-0.4, -0.2) is 31.7 Å². The Morgan fingerprint density at radius 1 is 1.32 bits per heavy atom. The number of hydrogen-bond donors (Lipinski definition) is 0. The maximum Gasteiger partial charge on any atom is 0.0500 e. The van der Waals surface area contributed by atoms with Crippen molar-refractivity contribution in [2.45, 2.75) is 38.1 Å². The van der Waals surface area contributed by atoms with E-state index in [2.05, 4.69) is 36.1 Å². The van der Waals surface area contributed by atoms with Crippen LogP contribution in [0.2, 0.25) is 0 Å². The zero-order chi connectivity index (χ0) is 13.3. The molecular formula is C17H25NO. The van der Waals surface area contributed by atoms with Crippen LogP contribution in [0.4, 0.5) is 0 Å². The van der Waals surface area contributed by atoms with Gasteiger partial charge < -0.3 is 4.74 Å². The number of nitrogens with zero attached hydrogens (tertiary/aromatic N) is 1. The van der Waals surface area contributed by atoms with Crippen LogP contribution in [0.15, 0.2) is 24.3 Å². The normalized spacial score (nSPS) is 22.8. The fourth-order valence-electron chi connectivity index (χ4n) is 3.92. The minimum absolute atomic E-state index is 0.474. The number of benzene rings is 1. The van der Waals surface area contributed by atoms with Gasteiger partial charge in [0, 0.05) is 38.8 Å². The molecule has 0 aromatic heterocycles. The number of hydrogen-bond acceptors (Lipinski definition) is 2. The summed E-state index contributed by atoms with van der Waals surface area (Å²) in [5, 5.41) is 0. The molecule has 2 heteroatoms. The molecule has 19 heavy (non-hydrogen) atoms. The monoisotopic (exact) mass is 259 g/mol. The first-order valence-corrected chi connectivity index (χ1v) is 7.53. The molecule has 1 unspecified atom stereocenters. The molecule has 1 aliphatic carbocycles. The maximum absolute atomic E-state index is 5.28. The van der Waals surface area contributed by atoms with E-state index >= 15 is 0 Å². The minimum Gasteiger partial charge on any atom is -0.384 e. The Kier molecular flexibility index (Phi) is 3.64. The third-order valence-electron chi connectivity index (χ3n) is 4.84. The molecule has 0 amide bonds. The van der Waals surface area contributed by atoms with Crippen LogP contribution in [-0.2, 0) is 16.7 Å². The van der Waals surface area contributed by atoms with Crippen molar-refractivity contribution in [2.75, 3.05) is 26.8 Å². The lowest BCUT2D eigenvalue weighted by Gasteiger charge is -2.50. The van der Waals surface area contributed by atoms with Gasteiger partial charge in [-0.25, -0.2) is 0 Å². The molecule has 1 saturated carbocycles. The van der Waals surface area contributed by atoms with E-state index in [1.165, 1.54) is 25.8 Å². The van der Waals surface area contributed by atoms with Gasteiger partial charge in [-0.15, -0.1) is 0 Å². The van der Waals surface area contributed by atoms with E-state index in [9.17, 15) is 0 Å². The third-order valence-corrected chi connectivity index (χ3v) is 4.84. The second-order valence-corrected chi connectivity index (χ2v) is 6.52. The molecule has 1 aromatic carbocycles. The number of methoxy groups -OCH3 is 1. The fraction of sp³-hybridized carbons (Fsp3) is 0.647. The van der Waals surface area contributed by atoms with E-state index < -0.39 is 0 Å². The molecule has 2 aliphatic rings. The summed E-state index contributed by atoms with van der Waals surface area (Å²) in [4.78, 5) is 2.64. The lowest BCUT2D eigenvalue weighted by atomic mass is 9.61. The largest absolute Gasteiger partial charge is 0.384 e. The molecule has 1 aromatic rings. The van der Waals surface area contributed by atoms with Crippen molar-refractivity contribution in [3.8, 4) is 0 Å². The first-order chi connectivity index (χ1) is 9.23. The lowest BCUT2D eigenvalue weighted by Crippen LogP contribution is -2.50. The van der Waals surface area contributed by atoms with E-state index in [4.69, 9.17) is 4.74 Å². The van der Waals surface area contributed by atoms with Crippen molar-refractivity contribution >= 4 is 0 Å². The van der Waals surface area contributed by atoms with Crippen LogP contribution >= 0.6 is 0 Å². The Hall–Kier alpha value is -0.860. The summed E-state index contributed by atoms with van der Waals surface area (Å²) in [5.41, 5.74) is 3.66. The number of rotatable bonds is 4. The van der Waals surface area contributed by atoms with Crippen LogP contribution in [0.3, 0.4) is 0 Å². The van der Waals surface area contributed by atoms with Crippen molar-refractivity contribution in [1.82, 2.24) is 4.90 Å². The number of ether oxygens (including phenoxy) is 1. The van der Waals surface area contributed by atoms with Crippen molar-refractivity contribution in [3.63, 3.8) is 0 Å². The van der Waals surface area contributed by atoms with Crippen LogP contribution in [0.25, 0.3) is 0 Å². The highest BCUT2D eigenvalue weighted by molar-refractivity contribution is 5.38. The summed E-state index contributed by atoms with van der Waals surface area (Å²) in [7, 11) is 1.80. The zero-order valence-electron chi connectivity index (χ0n) is 12.2. The molecule has 3 rings (SSSR count). The highest BCUT2D eigenvalue weighted by Crippen LogP contribution is 2.48. The van der Waals surface area contributed by atoms with Crippen LogP contribution in [0, 0.1) is 5.92 Å². The summed E-state index contributed by atoms with van der Waals surface area (Å²) < 4.78 is 5.28. The molecular weight excluding hydrogens is 234 g/mol. The standard InChI is InChI=1S/C17H25NO/c1-14(12-19-2)10-18-11-15-6-3-4-7-16(15)17(13-18)8-5-9-17/h3-4,6-7,14H,5,8-13H2,1-2H3. The van der Waals surface area contributed by atoms with Gasteiger partial charge in [0.15, 0.2) is 0 Å². The fourth-order valence-corrected chi connectivity index (χ4v) is 3.92. The molecule has 1 heterocycles. The Morgan fingerprint density at radius 2 is 2.11 bits per heavy atom. The predicted octanol–water partition coefficient (Wildman–Crippen LogP) is 3.21. The van der Waals surface area contributed by atoms with Crippen molar-refractivity contribution < 1.29 is 4.74 Å². The molecule has 0 radical (unpaired) electrons. The van der Waals surface area contributed by atoms with Gasteiger partial charge in [0.05, 0.1) is 0 Å². The SMILES string of the molecule is COCC(C)CN1Cc2ccccc2C2(CCC2)C1. The van der Waals surface area contributed by atoms with Gasteiger partial charge in [-0.3, -0.25) is 4.90 Å². The van der Waals surface area contributed by atoms with Gasteiger partial charge in [0.2, 0.25) is 0 Å². The lowest BCUT2D eigenvalue weighted by molar-refractivity contribution is 0.0790. The average Bonchev–Trinajstić information content (AvgIpc) is 2.36. The van der Waals surface area contributed by atoms with Crippen molar-refractivity contribution in [2.24, 2.45) is 5.92 Å². The van der Waals surface area contributed by atoms with Crippen LogP contribution in [0.1, 0.15) is 37.3 Å². The smallest absolute Gasteiger partial charge is 0.0500 e. The van der Waals surface area contributed by atoms with Gasteiger partial charge in [-0.2, -0.15) is 0 Å². The minimum atomic E-state index is 0.474. The summed E-state index contributed by atoms with van der Waals surface area (Å²) in [6, 6.07) is 9.09. The van der Waals surface area contributed by atoms with E-state index in [1.807, 2.05) is 0 Å². The maximum atomic E-state index is 5.28. The molecule has 1 atom stereocenters. The van der Waals surface area contributed by atoms with Gasteiger partial charge in [0.25, 0.3) is 0 Å². The Labute approximate surface area is 116 Å². The Balaban J connectivity index is 1.78. The average molecular weight is 259 g/mol. The summed E-state index contributed by atoms with van der Waals surface area (Å²) >= 11 is 0. The van der Waals surface area contributed by atoms with E-state index in [0.29, 0.717) is 11.3 Å². The van der Waals surface area contributed by atoms with Crippen LogP contribution in [0.5, 0.6) is 0 Å². The predicted molar refractivity (Wildman–Crippen MR) is 78.3 cm³/mol. The molecule has 0 N–H and O–H groups in total. The molecule has 0 saturated heterocycles. The third kappa shape index (κ3) is 2.44. The van der Waals surface area contributed by atoms with E-state index in [1.54, 1.807) is 18.2 Å². The molecule has 104 valence electrons. The Morgan fingerprint density at radius 3 is 2.79 bits per heavy atom. The van der Waals surface area contributed by atoms with Gasteiger partial charge in [-0.1, -0.05) is 37.6 Å². The molecule has 0 bridgehead atoms. The van der Waals surface area contributed by atoms with Gasteiger partial charge in [0.1, 0.15) is 0 Å². The summed E-state index contributed by atoms with van der Waals surface area (Å²) in [5.74, 6) is 0.618. The van der Waals surface area contributed by atoms with E-state index in [-0.39, 0.29) is 0 Å². The van der Waals surface area contributed by atoms with Gasteiger partial charge in [-0.05, 0) is 29.9 Å². The van der Waals surface area contributed by atoms with Crippen molar-refractivity contribution in [1.29, 1.82) is 0 Å². The zero-order valence-corrected chi connectivity index (χ0v) is 12.2. The molecule has 1 fully saturated rings. The summed E-state index contributed by atoms with van der Waals surface area (Å²) in [6.45, 7) is 6.68. The van der Waals surface area contributed by atoms with Crippen LogP contribution < -0.4 is 0 Å². The van der Waals surface area contributed by atoms with E-state index in [0.717, 1.165) is 19.7 Å². The quantitative estimate of drug-likeness (QED) is 0.823. The first-order valence-electron chi connectivity index (χ1n) is 7.53. The molecule has 1 aliphatic heterocycles. The Bertz CT molecular complexity index is 439.